The highest BCUT2D eigenvalue weighted by atomic mass is 32.1. The molecule has 4 nitrogen and oxygen atoms in total. The van der Waals surface area contributed by atoms with Crippen molar-refractivity contribution in [3.8, 4) is 0 Å². The van der Waals surface area contributed by atoms with Crippen molar-refractivity contribution >= 4 is 33.1 Å². The third-order valence-corrected chi connectivity index (χ3v) is 5.00. The zero-order chi connectivity index (χ0) is 15.6. The van der Waals surface area contributed by atoms with Crippen LogP contribution in [0.15, 0.2) is 53.9 Å². The first-order valence-corrected chi connectivity index (χ1v) is 8.58. The number of nitrogens with zero attached hydrogens (tertiary/aromatic N) is 3. The van der Waals surface area contributed by atoms with Gasteiger partial charge in [0, 0.05) is 25.0 Å². The molecule has 1 amide bonds. The minimum Gasteiger partial charge on any atom is -0.301 e. The lowest BCUT2D eigenvalue weighted by Crippen LogP contribution is -2.49. The summed E-state index contributed by atoms with van der Waals surface area (Å²) >= 11 is 1.61. The molecule has 1 saturated heterocycles. The van der Waals surface area contributed by atoms with Gasteiger partial charge >= 0.3 is 0 Å². The molecule has 1 fully saturated rings. The largest absolute Gasteiger partial charge is 0.301 e. The molecule has 0 aliphatic carbocycles. The summed E-state index contributed by atoms with van der Waals surface area (Å²) in [6.45, 7) is 2.78. The molecule has 4 rings (SSSR count). The Morgan fingerprint density at radius 3 is 2.78 bits per heavy atom. The molecular formula is C18H17N3OS. The van der Waals surface area contributed by atoms with Crippen LogP contribution in [0.4, 0.5) is 5.00 Å². The van der Waals surface area contributed by atoms with Crippen molar-refractivity contribution < 1.29 is 4.79 Å². The van der Waals surface area contributed by atoms with Crippen molar-refractivity contribution in [3.63, 3.8) is 0 Å². The number of anilines is 1. The normalized spacial score (nSPS) is 16.2. The Labute approximate surface area is 139 Å². The molecule has 116 valence electrons. The minimum atomic E-state index is 0.166. The molecule has 3 aromatic rings. The van der Waals surface area contributed by atoms with Crippen LogP contribution in [-0.4, -0.2) is 35.4 Å². The van der Waals surface area contributed by atoms with E-state index in [0.717, 1.165) is 41.2 Å². The Bertz CT molecular complexity index is 831. The number of carbonyl (C=O) groups is 1. The number of thiophene rings is 1. The van der Waals surface area contributed by atoms with Crippen molar-refractivity contribution in [3.05, 3.63) is 59.6 Å². The summed E-state index contributed by atoms with van der Waals surface area (Å²) in [7, 11) is 0. The zero-order valence-corrected chi connectivity index (χ0v) is 13.5. The lowest BCUT2D eigenvalue weighted by atomic mass is 10.2. The van der Waals surface area contributed by atoms with Gasteiger partial charge in [-0.15, -0.1) is 11.3 Å². The number of benzene rings is 1. The van der Waals surface area contributed by atoms with Gasteiger partial charge in [0.2, 0.25) is 5.91 Å². The fraction of sp³-hybridized carbons (Fsp3) is 0.222. The molecule has 0 radical (unpaired) electrons. The predicted molar refractivity (Wildman–Crippen MR) is 93.7 cm³/mol. The third kappa shape index (κ3) is 2.98. The molecular weight excluding hydrogens is 306 g/mol. The Kier molecular flexibility index (Phi) is 3.81. The molecule has 0 bridgehead atoms. The van der Waals surface area contributed by atoms with Gasteiger partial charge in [-0.3, -0.25) is 14.7 Å². The quantitative estimate of drug-likeness (QED) is 0.743. The second-order valence-electron chi connectivity index (χ2n) is 5.70. The maximum Gasteiger partial charge on any atom is 0.241 e. The molecule has 1 aromatic carbocycles. The standard InChI is InChI=1S/C18H17N3OS/c22-17-13-20(9-10-21(17)18-6-3-11-23-18)12-15-8-7-14-4-1-2-5-16(14)19-15/h1-8,11H,9-10,12-13H2. The van der Waals surface area contributed by atoms with Crippen LogP contribution in [0.5, 0.6) is 0 Å². The van der Waals surface area contributed by atoms with E-state index in [9.17, 15) is 4.79 Å². The van der Waals surface area contributed by atoms with Crippen molar-refractivity contribution in [1.29, 1.82) is 0 Å². The van der Waals surface area contributed by atoms with Crippen LogP contribution in [0.2, 0.25) is 0 Å². The summed E-state index contributed by atoms with van der Waals surface area (Å²) in [6.07, 6.45) is 0. The van der Waals surface area contributed by atoms with E-state index < -0.39 is 0 Å². The van der Waals surface area contributed by atoms with E-state index in [-0.39, 0.29) is 5.91 Å². The van der Waals surface area contributed by atoms with Crippen LogP contribution in [0.1, 0.15) is 5.69 Å². The van der Waals surface area contributed by atoms with Gasteiger partial charge < -0.3 is 4.90 Å². The number of carbonyl (C=O) groups excluding carboxylic acids is 1. The molecule has 0 N–H and O–H groups in total. The summed E-state index contributed by atoms with van der Waals surface area (Å²) < 4.78 is 0. The molecule has 0 unspecified atom stereocenters. The topological polar surface area (TPSA) is 36.4 Å². The predicted octanol–water partition coefficient (Wildman–Crippen LogP) is 3.15. The number of para-hydroxylation sites is 1. The fourth-order valence-corrected chi connectivity index (χ4v) is 3.71. The van der Waals surface area contributed by atoms with Gasteiger partial charge in [-0.2, -0.15) is 0 Å². The van der Waals surface area contributed by atoms with Crippen LogP contribution in [0, 0.1) is 0 Å². The SMILES string of the molecule is O=C1CN(Cc2ccc3ccccc3n2)CCN1c1cccs1. The summed E-state index contributed by atoms with van der Waals surface area (Å²) in [5, 5.41) is 4.20. The molecule has 2 aromatic heterocycles. The molecule has 0 spiro atoms. The summed E-state index contributed by atoms with van der Waals surface area (Å²) in [4.78, 5) is 21.1. The van der Waals surface area contributed by atoms with E-state index in [4.69, 9.17) is 4.98 Å². The highest BCUT2D eigenvalue weighted by Gasteiger charge is 2.25. The van der Waals surface area contributed by atoms with E-state index in [1.165, 1.54) is 0 Å². The average molecular weight is 323 g/mol. The van der Waals surface area contributed by atoms with Gasteiger partial charge in [0.15, 0.2) is 0 Å². The molecule has 1 aliphatic rings. The van der Waals surface area contributed by atoms with Crippen LogP contribution in [0.25, 0.3) is 10.9 Å². The van der Waals surface area contributed by atoms with Crippen LogP contribution < -0.4 is 4.90 Å². The van der Waals surface area contributed by atoms with Crippen LogP contribution in [0.3, 0.4) is 0 Å². The average Bonchev–Trinajstić information content (AvgIpc) is 3.09. The number of fused-ring (bicyclic) bond motifs is 1. The summed E-state index contributed by atoms with van der Waals surface area (Å²) in [5.74, 6) is 0.166. The third-order valence-electron chi connectivity index (χ3n) is 4.11. The first kappa shape index (κ1) is 14.4. The molecule has 23 heavy (non-hydrogen) atoms. The van der Waals surface area contributed by atoms with Gasteiger partial charge in [-0.25, -0.2) is 0 Å². The van der Waals surface area contributed by atoms with Crippen LogP contribution >= 0.6 is 11.3 Å². The fourth-order valence-electron chi connectivity index (χ4n) is 2.94. The zero-order valence-electron chi connectivity index (χ0n) is 12.7. The van der Waals surface area contributed by atoms with Crippen molar-refractivity contribution in [2.75, 3.05) is 24.5 Å². The van der Waals surface area contributed by atoms with Gasteiger partial charge in [0.25, 0.3) is 0 Å². The number of hydrogen-bond acceptors (Lipinski definition) is 4. The second-order valence-corrected chi connectivity index (χ2v) is 6.63. The van der Waals surface area contributed by atoms with Gasteiger partial charge in [-0.05, 0) is 29.6 Å². The maximum absolute atomic E-state index is 12.4. The smallest absolute Gasteiger partial charge is 0.241 e. The number of aromatic nitrogens is 1. The van der Waals surface area contributed by atoms with E-state index in [1.807, 2.05) is 40.6 Å². The number of piperazine rings is 1. The molecule has 0 atom stereocenters. The first-order chi connectivity index (χ1) is 11.3. The van der Waals surface area contributed by atoms with E-state index in [2.05, 4.69) is 23.1 Å². The van der Waals surface area contributed by atoms with Gasteiger partial charge in [0.05, 0.1) is 22.8 Å². The van der Waals surface area contributed by atoms with Gasteiger partial charge in [-0.1, -0.05) is 24.3 Å². The highest BCUT2D eigenvalue weighted by molar-refractivity contribution is 7.14. The Morgan fingerprint density at radius 1 is 1.04 bits per heavy atom. The van der Waals surface area contributed by atoms with Crippen molar-refractivity contribution in [1.82, 2.24) is 9.88 Å². The lowest BCUT2D eigenvalue weighted by Gasteiger charge is -2.33. The maximum atomic E-state index is 12.4. The summed E-state index contributed by atoms with van der Waals surface area (Å²) in [6, 6.07) is 16.3. The van der Waals surface area contributed by atoms with Crippen molar-refractivity contribution in [2.24, 2.45) is 0 Å². The lowest BCUT2D eigenvalue weighted by molar-refractivity contribution is -0.121. The van der Waals surface area contributed by atoms with Crippen LogP contribution in [-0.2, 0) is 11.3 Å². The number of rotatable bonds is 3. The number of amides is 1. The van der Waals surface area contributed by atoms with E-state index in [0.29, 0.717) is 6.54 Å². The van der Waals surface area contributed by atoms with Gasteiger partial charge in [0.1, 0.15) is 0 Å². The first-order valence-electron chi connectivity index (χ1n) is 7.70. The molecule has 0 saturated carbocycles. The molecule has 5 heteroatoms. The van der Waals surface area contributed by atoms with Crippen molar-refractivity contribution in [2.45, 2.75) is 6.54 Å². The highest BCUT2D eigenvalue weighted by Crippen LogP contribution is 2.23. The molecule has 3 heterocycles. The van der Waals surface area contributed by atoms with E-state index in [1.54, 1.807) is 11.3 Å². The number of hydrogen-bond donors (Lipinski definition) is 0. The number of pyridine rings is 1. The van der Waals surface area contributed by atoms with E-state index >= 15 is 0 Å². The minimum absolute atomic E-state index is 0.166. The molecule has 1 aliphatic heterocycles. The second kappa shape index (κ2) is 6.10. The Balaban J connectivity index is 1.46. The Hall–Kier alpha value is -2.24. The monoisotopic (exact) mass is 323 g/mol. The summed E-state index contributed by atoms with van der Waals surface area (Å²) in [5.41, 5.74) is 2.02. The Morgan fingerprint density at radius 2 is 1.96 bits per heavy atom.